The van der Waals surface area contributed by atoms with Crippen LogP contribution < -0.4 is 11.1 Å². The number of nitrogens with one attached hydrogen (secondary N) is 1. The maximum absolute atomic E-state index is 12.5. The Morgan fingerprint density at radius 2 is 2.18 bits per heavy atom. The maximum atomic E-state index is 12.5. The largest absolute Gasteiger partial charge is 0.348 e. The number of hydrogen-bond acceptors (Lipinski definition) is 5. The molecule has 1 saturated carbocycles. The van der Waals surface area contributed by atoms with Gasteiger partial charge < -0.3 is 15.6 Å². The van der Waals surface area contributed by atoms with Gasteiger partial charge in [-0.05, 0) is 37.8 Å². The van der Waals surface area contributed by atoms with Gasteiger partial charge in [0.1, 0.15) is 0 Å². The fourth-order valence-corrected chi connectivity index (χ4v) is 2.39. The molecule has 0 bridgehead atoms. The molecule has 0 saturated heterocycles. The van der Waals surface area contributed by atoms with Gasteiger partial charge in [-0.2, -0.15) is 4.98 Å². The van der Waals surface area contributed by atoms with Gasteiger partial charge in [-0.25, -0.2) is 0 Å². The molecule has 1 fully saturated rings. The standard InChI is InChI=1S/C15H18N4O2.ClH/c1-9-17-15(21-19-9)12-5-3-2-4-11(12)14(20)18-13(8-16)10-6-7-10;/h2-5,10,13H,6-8,16H2,1H3,(H,18,20);1H. The minimum absolute atomic E-state index is 0. The Bertz CT molecular complexity index is 654. The molecule has 7 heteroatoms. The number of aromatic nitrogens is 2. The van der Waals surface area contributed by atoms with Crippen molar-refractivity contribution in [1.29, 1.82) is 0 Å². The zero-order chi connectivity index (χ0) is 14.8. The number of hydrogen-bond donors (Lipinski definition) is 2. The van der Waals surface area contributed by atoms with Gasteiger partial charge in [-0.3, -0.25) is 4.79 Å². The average molecular weight is 323 g/mol. The van der Waals surface area contributed by atoms with E-state index >= 15 is 0 Å². The summed E-state index contributed by atoms with van der Waals surface area (Å²) in [5.74, 6) is 1.26. The minimum atomic E-state index is -0.149. The Balaban J connectivity index is 0.00000176. The van der Waals surface area contributed by atoms with E-state index in [0.29, 0.717) is 35.3 Å². The Morgan fingerprint density at radius 1 is 1.45 bits per heavy atom. The summed E-state index contributed by atoms with van der Waals surface area (Å²) in [5, 5.41) is 6.78. The molecule has 1 aliphatic rings. The molecule has 1 amide bonds. The molecule has 3 N–H and O–H groups in total. The van der Waals surface area contributed by atoms with Crippen molar-refractivity contribution in [2.24, 2.45) is 11.7 Å². The summed E-state index contributed by atoms with van der Waals surface area (Å²) in [4.78, 5) is 16.7. The lowest BCUT2D eigenvalue weighted by atomic mass is 10.1. The number of carbonyl (C=O) groups is 1. The normalized spacial score (nSPS) is 15.0. The van der Waals surface area contributed by atoms with Crippen LogP contribution in [-0.2, 0) is 0 Å². The van der Waals surface area contributed by atoms with E-state index in [9.17, 15) is 4.79 Å². The molecule has 118 valence electrons. The predicted octanol–water partition coefficient (Wildman–Crippen LogP) is 1.93. The van der Waals surface area contributed by atoms with E-state index in [2.05, 4.69) is 15.5 Å². The highest BCUT2D eigenvalue weighted by molar-refractivity contribution is 6.00. The first kappa shape index (κ1) is 16.5. The van der Waals surface area contributed by atoms with Gasteiger partial charge in [0.05, 0.1) is 11.1 Å². The summed E-state index contributed by atoms with van der Waals surface area (Å²) >= 11 is 0. The number of aryl methyl sites for hydroxylation is 1. The predicted molar refractivity (Wildman–Crippen MR) is 84.8 cm³/mol. The second-order valence-corrected chi connectivity index (χ2v) is 5.35. The van der Waals surface area contributed by atoms with Gasteiger partial charge in [-0.1, -0.05) is 17.3 Å². The second-order valence-electron chi connectivity index (χ2n) is 5.35. The lowest BCUT2D eigenvalue weighted by Crippen LogP contribution is -2.41. The van der Waals surface area contributed by atoms with E-state index in [-0.39, 0.29) is 24.4 Å². The monoisotopic (exact) mass is 322 g/mol. The fourth-order valence-electron chi connectivity index (χ4n) is 2.39. The highest BCUT2D eigenvalue weighted by Crippen LogP contribution is 2.32. The van der Waals surface area contributed by atoms with Crippen LogP contribution in [0.25, 0.3) is 11.5 Å². The van der Waals surface area contributed by atoms with Crippen molar-refractivity contribution in [3.05, 3.63) is 35.7 Å². The summed E-state index contributed by atoms with van der Waals surface area (Å²) < 4.78 is 5.17. The van der Waals surface area contributed by atoms with Crippen LogP contribution in [0.4, 0.5) is 0 Å². The zero-order valence-electron chi connectivity index (χ0n) is 12.3. The van der Waals surface area contributed by atoms with Gasteiger partial charge >= 0.3 is 0 Å². The summed E-state index contributed by atoms with van der Waals surface area (Å²) in [6.45, 7) is 2.20. The molecule has 0 aliphatic heterocycles. The number of amides is 1. The third-order valence-corrected chi connectivity index (χ3v) is 3.69. The molecular weight excluding hydrogens is 304 g/mol. The van der Waals surface area contributed by atoms with Crippen LogP contribution in [0.1, 0.15) is 29.0 Å². The van der Waals surface area contributed by atoms with Crippen molar-refractivity contribution in [2.45, 2.75) is 25.8 Å². The molecule has 1 aliphatic carbocycles. The molecule has 1 unspecified atom stereocenters. The highest BCUT2D eigenvalue weighted by atomic mass is 35.5. The fraction of sp³-hybridized carbons (Fsp3) is 0.400. The van der Waals surface area contributed by atoms with Crippen molar-refractivity contribution in [3.63, 3.8) is 0 Å². The van der Waals surface area contributed by atoms with Crippen LogP contribution in [0.3, 0.4) is 0 Å². The van der Waals surface area contributed by atoms with Gasteiger partial charge in [0.2, 0.25) is 0 Å². The van der Waals surface area contributed by atoms with Crippen LogP contribution in [0.2, 0.25) is 0 Å². The summed E-state index contributed by atoms with van der Waals surface area (Å²) in [6, 6.07) is 7.25. The van der Waals surface area contributed by atoms with E-state index in [4.69, 9.17) is 10.3 Å². The van der Waals surface area contributed by atoms with Crippen LogP contribution >= 0.6 is 12.4 Å². The van der Waals surface area contributed by atoms with Crippen molar-refractivity contribution >= 4 is 18.3 Å². The van der Waals surface area contributed by atoms with Crippen molar-refractivity contribution in [2.75, 3.05) is 6.54 Å². The van der Waals surface area contributed by atoms with E-state index in [1.165, 1.54) is 0 Å². The molecule has 6 nitrogen and oxygen atoms in total. The van der Waals surface area contributed by atoms with Gasteiger partial charge in [0, 0.05) is 12.6 Å². The van der Waals surface area contributed by atoms with Crippen molar-refractivity contribution in [1.82, 2.24) is 15.5 Å². The van der Waals surface area contributed by atoms with Crippen LogP contribution in [-0.4, -0.2) is 28.6 Å². The lowest BCUT2D eigenvalue weighted by molar-refractivity contribution is 0.0934. The Hall–Kier alpha value is -1.92. The van der Waals surface area contributed by atoms with E-state index in [1.54, 1.807) is 19.1 Å². The van der Waals surface area contributed by atoms with E-state index in [1.807, 2.05) is 12.1 Å². The lowest BCUT2D eigenvalue weighted by Gasteiger charge is -2.16. The number of halogens is 1. The first-order chi connectivity index (χ1) is 10.2. The number of nitrogens with two attached hydrogens (primary N) is 1. The quantitative estimate of drug-likeness (QED) is 0.877. The molecule has 1 aromatic heterocycles. The minimum Gasteiger partial charge on any atom is -0.348 e. The Morgan fingerprint density at radius 3 is 2.77 bits per heavy atom. The molecular formula is C15H19ClN4O2. The third kappa shape index (κ3) is 3.45. The van der Waals surface area contributed by atoms with Gasteiger partial charge in [-0.15, -0.1) is 12.4 Å². The van der Waals surface area contributed by atoms with Crippen LogP contribution in [0, 0.1) is 12.8 Å². The SMILES string of the molecule is Cc1noc(-c2ccccc2C(=O)NC(CN)C2CC2)n1.Cl. The topological polar surface area (TPSA) is 94.0 Å². The van der Waals surface area contributed by atoms with Crippen molar-refractivity contribution in [3.8, 4) is 11.5 Å². The van der Waals surface area contributed by atoms with Crippen LogP contribution in [0.5, 0.6) is 0 Å². The van der Waals surface area contributed by atoms with Gasteiger partial charge in [0.25, 0.3) is 11.8 Å². The molecule has 0 spiro atoms. The molecule has 0 radical (unpaired) electrons. The highest BCUT2D eigenvalue weighted by Gasteiger charge is 2.32. The van der Waals surface area contributed by atoms with Crippen molar-refractivity contribution < 1.29 is 9.32 Å². The molecule has 2 aromatic rings. The molecule has 1 heterocycles. The summed E-state index contributed by atoms with van der Waals surface area (Å²) in [5.41, 5.74) is 6.91. The Labute approximate surface area is 134 Å². The third-order valence-electron chi connectivity index (χ3n) is 3.69. The zero-order valence-corrected chi connectivity index (χ0v) is 13.1. The molecule has 1 aromatic carbocycles. The van der Waals surface area contributed by atoms with E-state index in [0.717, 1.165) is 12.8 Å². The summed E-state index contributed by atoms with van der Waals surface area (Å²) in [6.07, 6.45) is 2.26. The Kier molecular flexibility index (Phi) is 5.15. The number of rotatable bonds is 5. The van der Waals surface area contributed by atoms with E-state index < -0.39 is 0 Å². The molecule has 22 heavy (non-hydrogen) atoms. The molecule has 1 atom stereocenters. The number of nitrogens with zero attached hydrogens (tertiary/aromatic N) is 2. The summed E-state index contributed by atoms with van der Waals surface area (Å²) in [7, 11) is 0. The van der Waals surface area contributed by atoms with Gasteiger partial charge in [0.15, 0.2) is 5.82 Å². The van der Waals surface area contributed by atoms with Crippen LogP contribution in [0.15, 0.2) is 28.8 Å². The number of benzene rings is 1. The number of carbonyl (C=O) groups excluding carboxylic acids is 1. The first-order valence-corrected chi connectivity index (χ1v) is 7.09. The average Bonchev–Trinajstić information content (AvgIpc) is 3.26. The second kappa shape index (κ2) is 6.89. The smallest absolute Gasteiger partial charge is 0.258 e. The first-order valence-electron chi connectivity index (χ1n) is 7.09. The molecule has 3 rings (SSSR count). The maximum Gasteiger partial charge on any atom is 0.258 e.